The van der Waals surface area contributed by atoms with E-state index in [4.69, 9.17) is 5.11 Å². The van der Waals surface area contributed by atoms with Crippen molar-refractivity contribution in [2.45, 2.75) is 70.9 Å². The van der Waals surface area contributed by atoms with Crippen LogP contribution in [0.15, 0.2) is 24.3 Å². The van der Waals surface area contributed by atoms with Crippen LogP contribution in [0.5, 0.6) is 0 Å². The minimum Gasteiger partial charge on any atom is -0.481 e. The number of rotatable bonds is 9. The summed E-state index contributed by atoms with van der Waals surface area (Å²) in [5.74, 6) is -0.951. The molecule has 1 saturated carbocycles. The first-order chi connectivity index (χ1) is 12.9. The fraction of sp³-hybridized carbons (Fsp3) is 0.571. The minimum absolute atomic E-state index is 0.100. The molecule has 0 radical (unpaired) electrons. The van der Waals surface area contributed by atoms with Gasteiger partial charge in [0, 0.05) is 18.0 Å². The maximum atomic E-state index is 12.5. The zero-order chi connectivity index (χ0) is 19.9. The van der Waals surface area contributed by atoms with Crippen LogP contribution in [0.25, 0.3) is 0 Å². The first-order valence-electron chi connectivity index (χ1n) is 9.80. The highest BCUT2D eigenvalue weighted by atomic mass is 16.4. The Morgan fingerprint density at radius 1 is 1.07 bits per heavy atom. The van der Waals surface area contributed by atoms with Crippen LogP contribution in [0.4, 0.5) is 0 Å². The molecule has 6 nitrogen and oxygen atoms in total. The lowest BCUT2D eigenvalue weighted by molar-refractivity contribution is -0.138. The Kier molecular flexibility index (Phi) is 7.39. The fourth-order valence-electron chi connectivity index (χ4n) is 3.62. The van der Waals surface area contributed by atoms with Crippen molar-refractivity contribution in [2.24, 2.45) is 5.92 Å². The molecule has 6 heteroatoms. The molecule has 1 aromatic rings. The predicted molar refractivity (Wildman–Crippen MR) is 103 cm³/mol. The zero-order valence-corrected chi connectivity index (χ0v) is 16.2. The third-order valence-electron chi connectivity index (χ3n) is 5.63. The van der Waals surface area contributed by atoms with Gasteiger partial charge in [0.1, 0.15) is 0 Å². The highest BCUT2D eigenvalue weighted by molar-refractivity contribution is 5.95. The average Bonchev–Trinajstić information content (AvgIpc) is 3.20. The number of nitrogens with one attached hydrogen (secondary N) is 2. The molecule has 0 bridgehead atoms. The number of carbonyl (C=O) groups excluding carboxylic acids is 2. The molecule has 0 atom stereocenters. The molecule has 2 amide bonds. The first-order valence-corrected chi connectivity index (χ1v) is 9.80. The van der Waals surface area contributed by atoms with Gasteiger partial charge in [-0.2, -0.15) is 0 Å². The number of aliphatic carboxylic acids is 1. The van der Waals surface area contributed by atoms with Crippen LogP contribution >= 0.6 is 0 Å². The number of hydrogen-bond acceptors (Lipinski definition) is 3. The lowest BCUT2D eigenvalue weighted by Gasteiger charge is -2.31. The summed E-state index contributed by atoms with van der Waals surface area (Å²) < 4.78 is 0. The SMILES string of the molecule is CCC(CC)(CC(=O)O)NC(=O)c1ccc(CNC(=O)C2CCCC2)cc1. The molecular weight excluding hydrogens is 344 g/mol. The monoisotopic (exact) mass is 374 g/mol. The Morgan fingerprint density at radius 2 is 1.67 bits per heavy atom. The molecule has 0 aromatic heterocycles. The van der Waals surface area contributed by atoms with Crippen LogP contribution in [-0.4, -0.2) is 28.4 Å². The van der Waals surface area contributed by atoms with Gasteiger partial charge in [-0.15, -0.1) is 0 Å². The summed E-state index contributed by atoms with van der Waals surface area (Å²) in [6.45, 7) is 4.20. The molecule has 1 fully saturated rings. The topological polar surface area (TPSA) is 95.5 Å². The van der Waals surface area contributed by atoms with E-state index >= 15 is 0 Å². The third kappa shape index (κ3) is 5.81. The van der Waals surface area contributed by atoms with E-state index in [2.05, 4.69) is 10.6 Å². The molecule has 1 aromatic carbocycles. The van der Waals surface area contributed by atoms with E-state index in [1.165, 1.54) is 0 Å². The van der Waals surface area contributed by atoms with Crippen molar-refractivity contribution in [3.05, 3.63) is 35.4 Å². The van der Waals surface area contributed by atoms with Gasteiger partial charge in [0.2, 0.25) is 5.91 Å². The second kappa shape index (κ2) is 9.53. The van der Waals surface area contributed by atoms with E-state index in [9.17, 15) is 14.4 Å². The molecule has 0 unspecified atom stereocenters. The molecule has 1 aliphatic carbocycles. The van der Waals surface area contributed by atoms with Gasteiger partial charge in [0.05, 0.1) is 12.0 Å². The number of amides is 2. The second-order valence-corrected chi connectivity index (χ2v) is 7.41. The molecule has 0 saturated heterocycles. The number of carboxylic acids is 1. The van der Waals surface area contributed by atoms with E-state index in [-0.39, 0.29) is 24.2 Å². The van der Waals surface area contributed by atoms with E-state index in [0.717, 1.165) is 31.2 Å². The Labute approximate surface area is 160 Å². The largest absolute Gasteiger partial charge is 0.481 e. The molecule has 0 spiro atoms. The van der Waals surface area contributed by atoms with Crippen LogP contribution in [0.1, 0.15) is 74.7 Å². The van der Waals surface area contributed by atoms with Gasteiger partial charge in [0.25, 0.3) is 5.91 Å². The summed E-state index contributed by atoms with van der Waals surface area (Å²) in [5, 5.41) is 15.0. The maximum absolute atomic E-state index is 12.5. The summed E-state index contributed by atoms with van der Waals surface area (Å²) >= 11 is 0. The number of hydrogen-bond donors (Lipinski definition) is 3. The van der Waals surface area contributed by atoms with Crippen molar-refractivity contribution in [1.82, 2.24) is 10.6 Å². The molecule has 3 N–H and O–H groups in total. The van der Waals surface area contributed by atoms with E-state index < -0.39 is 11.5 Å². The van der Waals surface area contributed by atoms with Crippen LogP contribution < -0.4 is 10.6 Å². The summed E-state index contributed by atoms with van der Waals surface area (Å²) in [6, 6.07) is 7.06. The van der Waals surface area contributed by atoms with E-state index in [1.54, 1.807) is 12.1 Å². The van der Waals surface area contributed by atoms with E-state index in [0.29, 0.717) is 24.9 Å². The summed E-state index contributed by atoms with van der Waals surface area (Å²) in [6.07, 6.45) is 5.19. The third-order valence-corrected chi connectivity index (χ3v) is 5.63. The maximum Gasteiger partial charge on any atom is 0.305 e. The summed E-state index contributed by atoms with van der Waals surface area (Å²) in [7, 11) is 0. The highest BCUT2D eigenvalue weighted by Gasteiger charge is 2.31. The van der Waals surface area contributed by atoms with Crippen molar-refractivity contribution < 1.29 is 19.5 Å². The molecular formula is C21H30N2O4. The second-order valence-electron chi connectivity index (χ2n) is 7.41. The van der Waals surface area contributed by atoms with Crippen LogP contribution in [0, 0.1) is 5.92 Å². The molecule has 0 heterocycles. The van der Waals surface area contributed by atoms with Gasteiger partial charge >= 0.3 is 5.97 Å². The molecule has 0 aliphatic heterocycles. The zero-order valence-electron chi connectivity index (χ0n) is 16.2. The van der Waals surface area contributed by atoms with Gasteiger partial charge in [-0.1, -0.05) is 38.8 Å². The average molecular weight is 374 g/mol. The Balaban J connectivity index is 1.93. The molecule has 2 rings (SSSR count). The van der Waals surface area contributed by atoms with Crippen molar-refractivity contribution in [2.75, 3.05) is 0 Å². The Bertz CT molecular complexity index is 659. The predicted octanol–water partition coefficient (Wildman–Crippen LogP) is 3.26. The van der Waals surface area contributed by atoms with Gasteiger partial charge in [-0.25, -0.2) is 0 Å². The molecule has 148 valence electrons. The van der Waals surface area contributed by atoms with Crippen LogP contribution in [0.3, 0.4) is 0 Å². The number of benzene rings is 1. The summed E-state index contributed by atoms with van der Waals surface area (Å²) in [5.41, 5.74) is 0.676. The van der Waals surface area contributed by atoms with Crippen molar-refractivity contribution in [1.29, 1.82) is 0 Å². The summed E-state index contributed by atoms with van der Waals surface area (Å²) in [4.78, 5) is 35.8. The fourth-order valence-corrected chi connectivity index (χ4v) is 3.62. The van der Waals surface area contributed by atoms with Gasteiger partial charge in [-0.05, 0) is 43.4 Å². The number of carboxylic acid groups (broad SMARTS) is 1. The smallest absolute Gasteiger partial charge is 0.305 e. The lowest BCUT2D eigenvalue weighted by Crippen LogP contribution is -2.49. The Hall–Kier alpha value is -2.37. The minimum atomic E-state index is -0.924. The van der Waals surface area contributed by atoms with Crippen molar-refractivity contribution in [3.63, 3.8) is 0 Å². The molecule has 27 heavy (non-hydrogen) atoms. The lowest BCUT2D eigenvalue weighted by atomic mass is 9.88. The first kappa shape index (κ1) is 20.9. The van der Waals surface area contributed by atoms with Gasteiger partial charge in [-0.3, -0.25) is 14.4 Å². The number of carbonyl (C=O) groups is 3. The van der Waals surface area contributed by atoms with Crippen LogP contribution in [-0.2, 0) is 16.1 Å². The van der Waals surface area contributed by atoms with Crippen LogP contribution in [0.2, 0.25) is 0 Å². The van der Waals surface area contributed by atoms with Gasteiger partial charge in [0.15, 0.2) is 0 Å². The standard InChI is InChI=1S/C21H30N2O4/c1-3-21(4-2,13-18(24)25)23-20(27)17-11-9-15(10-12-17)14-22-19(26)16-7-5-6-8-16/h9-12,16H,3-8,13-14H2,1-2H3,(H,22,26)(H,23,27)(H,24,25). The van der Waals surface area contributed by atoms with Gasteiger partial charge < -0.3 is 15.7 Å². The highest BCUT2D eigenvalue weighted by Crippen LogP contribution is 2.24. The quantitative estimate of drug-likeness (QED) is 0.618. The Morgan fingerprint density at radius 3 is 2.19 bits per heavy atom. The van der Waals surface area contributed by atoms with E-state index in [1.807, 2.05) is 26.0 Å². The normalized spacial score (nSPS) is 14.7. The van der Waals surface area contributed by atoms with Crippen molar-refractivity contribution in [3.8, 4) is 0 Å². The molecule has 1 aliphatic rings. The van der Waals surface area contributed by atoms with Crippen molar-refractivity contribution >= 4 is 17.8 Å².